The van der Waals surface area contributed by atoms with Gasteiger partial charge < -0.3 is 5.11 Å². The fraction of sp³-hybridized carbons (Fsp3) is 0.308. The Morgan fingerprint density at radius 1 is 1.18 bits per heavy atom. The third-order valence-electron chi connectivity index (χ3n) is 2.83. The average molecular weight is 251 g/mol. The molecule has 0 fully saturated rings. The van der Waals surface area contributed by atoms with Crippen LogP contribution in [-0.4, -0.2) is 14.9 Å². The lowest BCUT2D eigenvalue weighted by molar-refractivity contribution is 0.282. The molecule has 0 aliphatic carbocycles. The van der Waals surface area contributed by atoms with Crippen molar-refractivity contribution >= 4 is 11.6 Å². The molecule has 0 radical (unpaired) electrons. The van der Waals surface area contributed by atoms with Gasteiger partial charge in [-0.25, -0.2) is 0 Å². The van der Waals surface area contributed by atoms with Crippen LogP contribution in [-0.2, 0) is 13.2 Å². The van der Waals surface area contributed by atoms with Gasteiger partial charge in [-0.15, -0.1) is 0 Å². The second kappa shape index (κ2) is 4.90. The molecule has 0 saturated heterocycles. The Labute approximate surface area is 106 Å². The van der Waals surface area contributed by atoms with E-state index in [2.05, 4.69) is 5.10 Å². The molecule has 1 aromatic heterocycles. The first-order valence-electron chi connectivity index (χ1n) is 5.50. The van der Waals surface area contributed by atoms with E-state index in [1.54, 1.807) is 0 Å². The lowest BCUT2D eigenvalue weighted by Crippen LogP contribution is -2.04. The highest BCUT2D eigenvalue weighted by Gasteiger charge is 2.08. The second-order valence-corrected chi connectivity index (χ2v) is 4.50. The van der Waals surface area contributed by atoms with Crippen LogP contribution in [0.15, 0.2) is 24.3 Å². The molecule has 0 saturated carbocycles. The summed E-state index contributed by atoms with van der Waals surface area (Å²) in [6.07, 6.45) is 0. The van der Waals surface area contributed by atoms with Gasteiger partial charge in [0.1, 0.15) is 0 Å². The number of aromatic nitrogens is 2. The smallest absolute Gasteiger partial charge is 0.0844 e. The third-order valence-corrected chi connectivity index (χ3v) is 3.38. The molecule has 0 aliphatic heterocycles. The molecule has 17 heavy (non-hydrogen) atoms. The minimum atomic E-state index is 0.0754. The van der Waals surface area contributed by atoms with Crippen molar-refractivity contribution in [3.63, 3.8) is 0 Å². The Balaban J connectivity index is 2.22. The standard InChI is InChI=1S/C13H15ClN2O/c1-9-13(14)10(2)16(15-9)7-11-3-5-12(8-17)6-4-11/h3-6,17H,7-8H2,1-2H3. The van der Waals surface area contributed by atoms with Gasteiger partial charge in [0, 0.05) is 0 Å². The molecule has 0 spiro atoms. The molecule has 1 N–H and O–H groups in total. The Kier molecular flexibility index (Phi) is 3.50. The summed E-state index contributed by atoms with van der Waals surface area (Å²) in [5, 5.41) is 14.1. The van der Waals surface area contributed by atoms with Gasteiger partial charge in [0.25, 0.3) is 0 Å². The maximum absolute atomic E-state index is 8.97. The van der Waals surface area contributed by atoms with E-state index < -0.39 is 0 Å². The molecule has 1 heterocycles. The van der Waals surface area contributed by atoms with Crippen LogP contribution in [0.4, 0.5) is 0 Å². The van der Waals surface area contributed by atoms with E-state index in [1.165, 1.54) is 0 Å². The largest absolute Gasteiger partial charge is 0.392 e. The predicted molar refractivity (Wildman–Crippen MR) is 68.2 cm³/mol. The van der Waals surface area contributed by atoms with E-state index in [-0.39, 0.29) is 6.61 Å². The molecule has 2 rings (SSSR count). The fourth-order valence-electron chi connectivity index (χ4n) is 1.75. The van der Waals surface area contributed by atoms with Crippen LogP contribution >= 0.6 is 11.6 Å². The molecular weight excluding hydrogens is 236 g/mol. The van der Waals surface area contributed by atoms with E-state index in [9.17, 15) is 0 Å². The molecule has 0 amide bonds. The van der Waals surface area contributed by atoms with Crippen LogP contribution in [0.2, 0.25) is 5.02 Å². The normalized spacial score (nSPS) is 10.8. The van der Waals surface area contributed by atoms with Crippen molar-refractivity contribution in [1.82, 2.24) is 9.78 Å². The minimum Gasteiger partial charge on any atom is -0.392 e. The van der Waals surface area contributed by atoms with Gasteiger partial charge in [-0.3, -0.25) is 4.68 Å². The number of aryl methyl sites for hydroxylation is 1. The summed E-state index contributed by atoms with van der Waals surface area (Å²) in [5.74, 6) is 0. The minimum absolute atomic E-state index is 0.0754. The van der Waals surface area contributed by atoms with Gasteiger partial charge in [0.05, 0.1) is 29.6 Å². The lowest BCUT2D eigenvalue weighted by atomic mass is 10.1. The Bertz CT molecular complexity index is 517. The highest BCUT2D eigenvalue weighted by atomic mass is 35.5. The highest BCUT2D eigenvalue weighted by molar-refractivity contribution is 6.31. The van der Waals surface area contributed by atoms with Crippen LogP contribution in [0.5, 0.6) is 0 Å². The number of rotatable bonds is 3. The van der Waals surface area contributed by atoms with Crippen LogP contribution < -0.4 is 0 Å². The number of nitrogens with zero attached hydrogens (tertiary/aromatic N) is 2. The Morgan fingerprint density at radius 2 is 1.76 bits per heavy atom. The highest BCUT2D eigenvalue weighted by Crippen LogP contribution is 2.19. The Hall–Kier alpha value is -1.32. The summed E-state index contributed by atoms with van der Waals surface area (Å²) < 4.78 is 1.89. The van der Waals surface area contributed by atoms with E-state index >= 15 is 0 Å². The molecule has 1 aromatic carbocycles. The molecule has 2 aromatic rings. The van der Waals surface area contributed by atoms with E-state index in [1.807, 2.05) is 42.8 Å². The zero-order valence-electron chi connectivity index (χ0n) is 9.94. The Morgan fingerprint density at radius 3 is 2.24 bits per heavy atom. The number of hydrogen-bond donors (Lipinski definition) is 1. The van der Waals surface area contributed by atoms with E-state index in [0.717, 1.165) is 27.5 Å². The maximum Gasteiger partial charge on any atom is 0.0844 e. The average Bonchev–Trinajstić information content (AvgIpc) is 2.58. The first-order valence-corrected chi connectivity index (χ1v) is 5.88. The first kappa shape index (κ1) is 12.1. The predicted octanol–water partition coefficient (Wildman–Crippen LogP) is 2.69. The van der Waals surface area contributed by atoms with Crippen LogP contribution in [0, 0.1) is 13.8 Å². The number of aliphatic hydroxyl groups excluding tert-OH is 1. The summed E-state index contributed by atoms with van der Waals surface area (Å²) in [6.45, 7) is 4.64. The zero-order valence-corrected chi connectivity index (χ0v) is 10.7. The van der Waals surface area contributed by atoms with Gasteiger partial charge in [-0.2, -0.15) is 5.10 Å². The summed E-state index contributed by atoms with van der Waals surface area (Å²) >= 11 is 6.10. The third kappa shape index (κ3) is 2.51. The molecular formula is C13H15ClN2O. The monoisotopic (exact) mass is 250 g/mol. The van der Waals surface area contributed by atoms with Gasteiger partial charge >= 0.3 is 0 Å². The van der Waals surface area contributed by atoms with E-state index in [4.69, 9.17) is 16.7 Å². The molecule has 0 atom stereocenters. The lowest BCUT2D eigenvalue weighted by Gasteiger charge is -2.05. The van der Waals surface area contributed by atoms with Crippen LogP contribution in [0.25, 0.3) is 0 Å². The molecule has 90 valence electrons. The molecule has 0 bridgehead atoms. The topological polar surface area (TPSA) is 38.0 Å². The van der Waals surface area contributed by atoms with E-state index in [0.29, 0.717) is 6.54 Å². The number of halogens is 1. The summed E-state index contributed by atoms with van der Waals surface area (Å²) in [7, 11) is 0. The molecule has 0 unspecified atom stereocenters. The SMILES string of the molecule is Cc1nn(Cc2ccc(CO)cc2)c(C)c1Cl. The van der Waals surface area contributed by atoms with Crippen molar-refractivity contribution in [2.45, 2.75) is 27.0 Å². The van der Waals surface area contributed by atoms with Gasteiger partial charge in [-0.1, -0.05) is 35.9 Å². The van der Waals surface area contributed by atoms with Crippen molar-refractivity contribution in [2.24, 2.45) is 0 Å². The van der Waals surface area contributed by atoms with Crippen molar-refractivity contribution in [2.75, 3.05) is 0 Å². The summed E-state index contributed by atoms with van der Waals surface area (Å²) in [6, 6.07) is 7.83. The molecule has 4 heteroatoms. The fourth-order valence-corrected chi connectivity index (χ4v) is 1.89. The quantitative estimate of drug-likeness (QED) is 0.910. The zero-order chi connectivity index (χ0) is 12.4. The number of benzene rings is 1. The molecule has 0 aliphatic rings. The number of aliphatic hydroxyl groups is 1. The van der Waals surface area contributed by atoms with Crippen LogP contribution in [0.3, 0.4) is 0 Å². The second-order valence-electron chi connectivity index (χ2n) is 4.12. The van der Waals surface area contributed by atoms with Crippen molar-refractivity contribution in [3.05, 3.63) is 51.8 Å². The van der Waals surface area contributed by atoms with Crippen molar-refractivity contribution in [3.8, 4) is 0 Å². The van der Waals surface area contributed by atoms with Crippen molar-refractivity contribution < 1.29 is 5.11 Å². The summed E-state index contributed by atoms with van der Waals surface area (Å²) in [5.41, 5.74) is 3.90. The van der Waals surface area contributed by atoms with Gasteiger partial charge in [0.2, 0.25) is 0 Å². The summed E-state index contributed by atoms with van der Waals surface area (Å²) in [4.78, 5) is 0. The van der Waals surface area contributed by atoms with Crippen LogP contribution in [0.1, 0.15) is 22.5 Å². The van der Waals surface area contributed by atoms with Gasteiger partial charge in [0.15, 0.2) is 0 Å². The van der Waals surface area contributed by atoms with Gasteiger partial charge in [-0.05, 0) is 25.0 Å². The van der Waals surface area contributed by atoms with Crippen molar-refractivity contribution in [1.29, 1.82) is 0 Å². The number of hydrogen-bond acceptors (Lipinski definition) is 2. The molecule has 3 nitrogen and oxygen atoms in total. The maximum atomic E-state index is 8.97. The first-order chi connectivity index (χ1) is 8.11.